The highest BCUT2D eigenvalue weighted by atomic mass is 32.2. The quantitative estimate of drug-likeness (QED) is 0.381. The van der Waals surface area contributed by atoms with Crippen LogP contribution in [0.1, 0.15) is 5.56 Å². The first-order chi connectivity index (χ1) is 13.8. The van der Waals surface area contributed by atoms with Gasteiger partial charge in [-0.05, 0) is 60.1 Å². The fraction of sp³-hybridized carbons (Fsp3) is 0.211. The van der Waals surface area contributed by atoms with E-state index in [1.54, 1.807) is 26.4 Å². The lowest BCUT2D eigenvalue weighted by atomic mass is 10.00. The van der Waals surface area contributed by atoms with Gasteiger partial charge in [-0.3, -0.25) is 9.79 Å². The molecule has 0 aliphatic carbocycles. The van der Waals surface area contributed by atoms with Crippen LogP contribution in [0.4, 0.5) is 0 Å². The summed E-state index contributed by atoms with van der Waals surface area (Å²) in [5.41, 5.74) is 4.05. The van der Waals surface area contributed by atoms with Crippen molar-refractivity contribution in [1.82, 2.24) is 4.37 Å². The molecule has 0 saturated carbocycles. The van der Waals surface area contributed by atoms with Crippen molar-refractivity contribution in [3.8, 4) is 39.6 Å². The summed E-state index contributed by atoms with van der Waals surface area (Å²) in [7, 11) is -1.51. The zero-order chi connectivity index (χ0) is 21.2. The molecule has 0 saturated heterocycles. The normalized spacial score (nSPS) is 11.4. The predicted octanol–water partition coefficient (Wildman–Crippen LogP) is 5.00. The van der Waals surface area contributed by atoms with Crippen molar-refractivity contribution in [1.29, 1.82) is 0 Å². The molecule has 0 aliphatic heterocycles. The minimum absolute atomic E-state index is 0.129. The molecular formula is C19H20NO6PS2. The first kappa shape index (κ1) is 21.7. The Hall–Kier alpha value is -2.03. The Labute approximate surface area is 177 Å². The van der Waals surface area contributed by atoms with Crippen LogP contribution in [0, 0.1) is 6.92 Å². The highest BCUT2D eigenvalue weighted by Crippen LogP contribution is 2.45. The number of methoxy groups -OCH3 is 2. The van der Waals surface area contributed by atoms with Crippen molar-refractivity contribution in [2.45, 2.75) is 11.8 Å². The third-order valence-corrected chi connectivity index (χ3v) is 6.04. The first-order valence-corrected chi connectivity index (χ1v) is 12.0. The molecule has 0 radical (unpaired) electrons. The van der Waals surface area contributed by atoms with Gasteiger partial charge in [0.1, 0.15) is 5.75 Å². The van der Waals surface area contributed by atoms with Crippen LogP contribution in [0.15, 0.2) is 40.6 Å². The summed E-state index contributed by atoms with van der Waals surface area (Å²) in [5.74, 6) is 1.39. The first-order valence-electron chi connectivity index (χ1n) is 8.38. The summed E-state index contributed by atoms with van der Waals surface area (Å²) in [4.78, 5) is 19.1. The van der Waals surface area contributed by atoms with Gasteiger partial charge < -0.3 is 14.0 Å². The average molecular weight is 453 g/mol. The average Bonchev–Trinajstić information content (AvgIpc) is 3.15. The Morgan fingerprint density at radius 3 is 2.41 bits per heavy atom. The maximum absolute atomic E-state index is 11.4. The van der Waals surface area contributed by atoms with Gasteiger partial charge in [0.25, 0.3) is 0 Å². The number of aryl methyl sites for hydroxylation is 1. The van der Waals surface area contributed by atoms with Gasteiger partial charge in [-0.1, -0.05) is 6.07 Å². The van der Waals surface area contributed by atoms with Crippen molar-refractivity contribution < 1.29 is 28.3 Å². The monoisotopic (exact) mass is 453 g/mol. The van der Waals surface area contributed by atoms with Crippen LogP contribution in [0.3, 0.4) is 0 Å². The molecule has 0 amide bonds. The summed E-state index contributed by atoms with van der Waals surface area (Å²) < 4.78 is 31.6. The largest absolute Gasteiger partial charge is 0.524 e. The molecule has 2 N–H and O–H groups in total. The van der Waals surface area contributed by atoms with E-state index in [1.165, 1.54) is 23.3 Å². The van der Waals surface area contributed by atoms with Crippen LogP contribution in [0.2, 0.25) is 0 Å². The molecule has 29 heavy (non-hydrogen) atoms. The second kappa shape index (κ2) is 8.77. The number of phosphoric acid groups is 1. The lowest BCUT2D eigenvalue weighted by Crippen LogP contribution is -1.95. The second-order valence-corrected chi connectivity index (χ2v) is 8.69. The number of ether oxygens (including phenoxy) is 2. The van der Waals surface area contributed by atoms with E-state index in [0.717, 1.165) is 27.9 Å². The van der Waals surface area contributed by atoms with Crippen molar-refractivity contribution in [2.24, 2.45) is 0 Å². The molecule has 0 atom stereocenters. The minimum Gasteiger partial charge on any atom is -0.493 e. The van der Waals surface area contributed by atoms with Gasteiger partial charge in [0.15, 0.2) is 11.5 Å². The van der Waals surface area contributed by atoms with E-state index in [0.29, 0.717) is 16.4 Å². The zero-order valence-corrected chi connectivity index (χ0v) is 18.7. The molecule has 0 bridgehead atoms. The zero-order valence-electron chi connectivity index (χ0n) is 16.2. The van der Waals surface area contributed by atoms with Crippen LogP contribution in [-0.2, 0) is 4.57 Å². The molecule has 2 aromatic carbocycles. The Bertz CT molecular complexity index is 1080. The highest BCUT2D eigenvalue weighted by Gasteiger charge is 2.21. The molecular weight excluding hydrogens is 433 g/mol. The van der Waals surface area contributed by atoms with Gasteiger partial charge in [0.2, 0.25) is 0 Å². The molecule has 0 aliphatic rings. The van der Waals surface area contributed by atoms with E-state index in [4.69, 9.17) is 14.0 Å². The molecule has 0 spiro atoms. The van der Waals surface area contributed by atoms with Crippen molar-refractivity contribution in [3.63, 3.8) is 0 Å². The number of hydrogen-bond acceptors (Lipinski definition) is 7. The topological polar surface area (TPSA) is 98.1 Å². The lowest BCUT2D eigenvalue weighted by molar-refractivity contribution is 0.281. The predicted molar refractivity (Wildman–Crippen MR) is 115 cm³/mol. The van der Waals surface area contributed by atoms with Crippen LogP contribution in [0.5, 0.6) is 17.2 Å². The fourth-order valence-corrected chi connectivity index (χ4v) is 4.67. The van der Waals surface area contributed by atoms with E-state index in [2.05, 4.69) is 4.37 Å². The van der Waals surface area contributed by atoms with Gasteiger partial charge >= 0.3 is 7.82 Å². The van der Waals surface area contributed by atoms with Crippen molar-refractivity contribution in [2.75, 3.05) is 20.5 Å². The van der Waals surface area contributed by atoms with Crippen molar-refractivity contribution in [3.05, 3.63) is 41.3 Å². The molecule has 3 rings (SSSR count). The maximum Gasteiger partial charge on any atom is 0.524 e. The summed E-state index contributed by atoms with van der Waals surface area (Å²) >= 11 is 2.63. The molecule has 10 heteroatoms. The molecule has 1 aromatic heterocycles. The number of rotatable bonds is 7. The van der Waals surface area contributed by atoms with Crippen LogP contribution in [-0.4, -0.2) is 34.6 Å². The standard InChI is InChI=1S/C19H20NO6PS2/c1-11-7-13(9-16(24-2)19(11)25-3)18-14(10-29-20-18)12-5-6-17(28-4)15(8-12)26-27(21,22)23/h5-10H,1-4H3,(H2,21,22,23). The number of phosphoric ester groups is 1. The second-order valence-electron chi connectivity index (χ2n) is 6.05. The van der Waals surface area contributed by atoms with Gasteiger partial charge in [0, 0.05) is 21.4 Å². The molecule has 7 nitrogen and oxygen atoms in total. The molecule has 1 heterocycles. The van der Waals surface area contributed by atoms with E-state index in [9.17, 15) is 14.4 Å². The van der Waals surface area contributed by atoms with Crippen molar-refractivity contribution >= 4 is 31.1 Å². The minimum atomic E-state index is -4.68. The fourth-order valence-electron chi connectivity index (χ4n) is 2.98. The summed E-state index contributed by atoms with van der Waals surface area (Å²) in [6.07, 6.45) is 1.81. The van der Waals surface area contributed by atoms with Crippen LogP contribution >= 0.6 is 31.1 Å². The molecule has 3 aromatic rings. The Morgan fingerprint density at radius 1 is 1.07 bits per heavy atom. The Balaban J connectivity index is 2.11. The van der Waals surface area contributed by atoms with Gasteiger partial charge in [0.05, 0.1) is 19.9 Å². The van der Waals surface area contributed by atoms with Crippen LogP contribution < -0.4 is 14.0 Å². The molecule has 0 unspecified atom stereocenters. The maximum atomic E-state index is 11.4. The highest BCUT2D eigenvalue weighted by molar-refractivity contribution is 7.98. The summed E-state index contributed by atoms with van der Waals surface area (Å²) in [6.45, 7) is 1.93. The SMILES string of the molecule is COc1cc(-c2nscc2-c2ccc(SC)c(OP(=O)(O)O)c2)cc(C)c1OC. The van der Waals surface area contributed by atoms with E-state index < -0.39 is 7.82 Å². The van der Waals surface area contributed by atoms with E-state index in [-0.39, 0.29) is 5.75 Å². The van der Waals surface area contributed by atoms with Gasteiger partial charge in [-0.25, -0.2) is 4.57 Å². The molecule has 0 fully saturated rings. The van der Waals surface area contributed by atoms with E-state index >= 15 is 0 Å². The Kier molecular flexibility index (Phi) is 6.55. The van der Waals surface area contributed by atoms with Gasteiger partial charge in [-0.15, -0.1) is 11.8 Å². The Morgan fingerprint density at radius 2 is 1.79 bits per heavy atom. The lowest BCUT2D eigenvalue weighted by Gasteiger charge is -2.14. The molecule has 154 valence electrons. The number of nitrogens with zero attached hydrogens (tertiary/aromatic N) is 1. The van der Waals surface area contributed by atoms with E-state index in [1.807, 2.05) is 36.8 Å². The van der Waals surface area contributed by atoms with Crippen LogP contribution in [0.25, 0.3) is 22.4 Å². The smallest absolute Gasteiger partial charge is 0.493 e. The number of aromatic nitrogens is 1. The van der Waals surface area contributed by atoms with Gasteiger partial charge in [-0.2, -0.15) is 4.37 Å². The summed E-state index contributed by atoms with van der Waals surface area (Å²) in [6, 6.07) is 9.08. The number of thioether (sulfide) groups is 1. The number of benzene rings is 2. The number of hydrogen-bond donors (Lipinski definition) is 2. The third kappa shape index (κ3) is 4.76. The third-order valence-electron chi connectivity index (χ3n) is 4.20. The summed E-state index contributed by atoms with van der Waals surface area (Å²) in [5, 5.41) is 1.89.